The summed E-state index contributed by atoms with van der Waals surface area (Å²) in [5.41, 5.74) is 4.42. The largest absolute Gasteiger partial charge is 0.438 e. The van der Waals surface area contributed by atoms with E-state index in [0.717, 1.165) is 22.1 Å². The molecule has 0 aliphatic rings. The number of furan rings is 1. The average molecular weight is 408 g/mol. The highest BCUT2D eigenvalue weighted by atomic mass is 19.1. The third kappa shape index (κ3) is 3.58. The molecule has 0 spiro atoms. The molecule has 5 rings (SSSR count). The molecule has 0 saturated carbocycles. The number of aryl methyl sites for hydroxylation is 1. The van der Waals surface area contributed by atoms with E-state index in [-0.39, 0.29) is 5.82 Å². The Morgan fingerprint density at radius 2 is 1.77 bits per heavy atom. The van der Waals surface area contributed by atoms with Gasteiger partial charge in [0.2, 0.25) is 5.71 Å². The van der Waals surface area contributed by atoms with Crippen LogP contribution in [0.4, 0.5) is 4.39 Å². The third-order valence-electron chi connectivity index (χ3n) is 5.01. The van der Waals surface area contributed by atoms with Crippen LogP contribution in [0.1, 0.15) is 6.42 Å². The molecule has 0 N–H and O–H groups in total. The predicted molar refractivity (Wildman–Crippen MR) is 117 cm³/mol. The molecule has 3 aromatic heterocycles. The van der Waals surface area contributed by atoms with Crippen molar-refractivity contribution in [3.8, 4) is 46.2 Å². The number of benzene rings is 2. The molecule has 0 bridgehead atoms. The Hall–Kier alpha value is -4.24. The van der Waals surface area contributed by atoms with Gasteiger partial charge in [-0.1, -0.05) is 30.3 Å². The molecule has 6 heteroatoms. The first kappa shape index (κ1) is 18.8. The number of fused-ring (bicyclic) bond motifs is 1. The Bertz CT molecular complexity index is 1400. The lowest BCUT2D eigenvalue weighted by molar-refractivity contribution is 0.617. The fraction of sp³-hybridized carbons (Fsp3) is 0.0800. The molecular formula is C25H17FN4O. The van der Waals surface area contributed by atoms with Crippen LogP contribution < -0.4 is 0 Å². The Labute approximate surface area is 178 Å². The monoisotopic (exact) mass is 408 g/mol. The highest BCUT2D eigenvalue weighted by Gasteiger charge is 2.19. The van der Waals surface area contributed by atoms with Crippen molar-refractivity contribution >= 4 is 11.1 Å². The quantitative estimate of drug-likeness (QED) is 0.356. The average Bonchev–Trinajstić information content (AvgIpc) is 3.43. The Kier molecular flexibility index (Phi) is 4.77. The molecule has 0 atom stereocenters. The molecule has 0 aliphatic carbocycles. The zero-order chi connectivity index (χ0) is 21.2. The van der Waals surface area contributed by atoms with Gasteiger partial charge < -0.3 is 4.42 Å². The van der Waals surface area contributed by atoms with E-state index in [0.29, 0.717) is 35.8 Å². The van der Waals surface area contributed by atoms with Crippen LogP contribution in [0.3, 0.4) is 0 Å². The van der Waals surface area contributed by atoms with Crippen molar-refractivity contribution in [3.63, 3.8) is 0 Å². The fourth-order valence-electron chi connectivity index (χ4n) is 3.52. The maximum atomic E-state index is 13.5. The SMILES string of the molecule is C#CCCn1cc(-c2ncnc3oc(-c4ccccc4)cc23)c(-c2ccc(F)cc2)n1. The zero-order valence-electron chi connectivity index (χ0n) is 16.5. The van der Waals surface area contributed by atoms with Crippen LogP contribution in [-0.2, 0) is 6.54 Å². The number of hydrogen-bond acceptors (Lipinski definition) is 4. The highest BCUT2D eigenvalue weighted by Crippen LogP contribution is 2.36. The van der Waals surface area contributed by atoms with Gasteiger partial charge in [-0.3, -0.25) is 4.68 Å². The summed E-state index contributed by atoms with van der Waals surface area (Å²) in [6.45, 7) is 0.569. The molecule has 150 valence electrons. The minimum absolute atomic E-state index is 0.302. The van der Waals surface area contributed by atoms with E-state index in [1.54, 1.807) is 16.8 Å². The van der Waals surface area contributed by atoms with E-state index in [9.17, 15) is 4.39 Å². The predicted octanol–water partition coefficient (Wildman–Crippen LogP) is 5.58. The molecule has 0 fully saturated rings. The number of rotatable bonds is 5. The van der Waals surface area contributed by atoms with Crippen molar-refractivity contribution in [2.75, 3.05) is 0 Å². The van der Waals surface area contributed by atoms with Crippen LogP contribution >= 0.6 is 0 Å². The molecule has 2 aromatic carbocycles. The van der Waals surface area contributed by atoms with Gasteiger partial charge in [0.25, 0.3) is 0 Å². The first-order chi connectivity index (χ1) is 15.2. The molecule has 31 heavy (non-hydrogen) atoms. The van der Waals surface area contributed by atoms with Crippen molar-refractivity contribution < 1.29 is 8.81 Å². The van der Waals surface area contributed by atoms with Crippen LogP contribution in [0.2, 0.25) is 0 Å². The van der Waals surface area contributed by atoms with Crippen LogP contribution in [0.15, 0.2) is 77.6 Å². The lowest BCUT2D eigenvalue weighted by atomic mass is 10.0. The Balaban J connectivity index is 1.68. The summed E-state index contributed by atoms with van der Waals surface area (Å²) in [6.07, 6.45) is 9.36. The van der Waals surface area contributed by atoms with Gasteiger partial charge in [-0.15, -0.1) is 12.3 Å². The molecule has 0 saturated heterocycles. The van der Waals surface area contributed by atoms with E-state index in [1.165, 1.54) is 18.5 Å². The second-order valence-electron chi connectivity index (χ2n) is 7.03. The summed E-state index contributed by atoms with van der Waals surface area (Å²) < 4.78 is 21.3. The summed E-state index contributed by atoms with van der Waals surface area (Å²) in [7, 11) is 0. The van der Waals surface area contributed by atoms with Gasteiger partial charge in [-0.25, -0.2) is 14.4 Å². The maximum absolute atomic E-state index is 13.5. The first-order valence-electron chi connectivity index (χ1n) is 9.80. The topological polar surface area (TPSA) is 56.7 Å². The molecule has 3 heterocycles. The summed E-state index contributed by atoms with van der Waals surface area (Å²) in [4.78, 5) is 8.85. The van der Waals surface area contributed by atoms with Gasteiger partial charge in [0, 0.05) is 29.3 Å². The van der Waals surface area contributed by atoms with E-state index in [1.807, 2.05) is 42.6 Å². The minimum Gasteiger partial charge on any atom is -0.438 e. The lowest BCUT2D eigenvalue weighted by Gasteiger charge is -2.03. The summed E-state index contributed by atoms with van der Waals surface area (Å²) in [5.74, 6) is 3.04. The second kappa shape index (κ2) is 7.88. The van der Waals surface area contributed by atoms with Crippen molar-refractivity contribution in [1.29, 1.82) is 0 Å². The van der Waals surface area contributed by atoms with Crippen molar-refractivity contribution in [2.24, 2.45) is 0 Å². The molecular weight excluding hydrogens is 391 g/mol. The number of nitrogens with zero attached hydrogens (tertiary/aromatic N) is 4. The fourth-order valence-corrected chi connectivity index (χ4v) is 3.52. The van der Waals surface area contributed by atoms with Gasteiger partial charge in [0.05, 0.1) is 17.6 Å². The molecule has 0 aliphatic heterocycles. The minimum atomic E-state index is -0.302. The molecule has 5 nitrogen and oxygen atoms in total. The third-order valence-corrected chi connectivity index (χ3v) is 5.01. The zero-order valence-corrected chi connectivity index (χ0v) is 16.5. The lowest BCUT2D eigenvalue weighted by Crippen LogP contribution is -1.97. The normalized spacial score (nSPS) is 11.0. The van der Waals surface area contributed by atoms with Gasteiger partial charge in [0.15, 0.2) is 0 Å². The van der Waals surface area contributed by atoms with Crippen molar-refractivity contribution in [1.82, 2.24) is 19.7 Å². The number of halogens is 1. The first-order valence-corrected chi connectivity index (χ1v) is 9.80. The maximum Gasteiger partial charge on any atom is 0.230 e. The molecule has 0 amide bonds. The standard InChI is InChI=1S/C25H17FN4O/c1-2-3-13-30-15-21(23(29-30)18-9-11-19(26)12-10-18)24-20-14-22(17-7-5-4-6-8-17)31-25(20)28-16-27-24/h1,4-12,14-16H,3,13H2. The Morgan fingerprint density at radius 3 is 2.55 bits per heavy atom. The number of hydrogen-bond donors (Lipinski definition) is 0. The van der Waals surface area contributed by atoms with Gasteiger partial charge in [-0.05, 0) is 30.3 Å². The van der Waals surface area contributed by atoms with Crippen LogP contribution in [0, 0.1) is 18.2 Å². The summed E-state index contributed by atoms with van der Waals surface area (Å²) in [5, 5.41) is 5.48. The van der Waals surface area contributed by atoms with Crippen LogP contribution in [-0.4, -0.2) is 19.7 Å². The smallest absolute Gasteiger partial charge is 0.230 e. The Morgan fingerprint density at radius 1 is 0.968 bits per heavy atom. The van der Waals surface area contributed by atoms with E-state index in [2.05, 4.69) is 15.9 Å². The molecule has 5 aromatic rings. The van der Waals surface area contributed by atoms with E-state index < -0.39 is 0 Å². The van der Waals surface area contributed by atoms with Gasteiger partial charge in [-0.2, -0.15) is 5.10 Å². The van der Waals surface area contributed by atoms with Gasteiger partial charge in [0.1, 0.15) is 23.6 Å². The molecule has 0 radical (unpaired) electrons. The van der Waals surface area contributed by atoms with Crippen molar-refractivity contribution in [2.45, 2.75) is 13.0 Å². The van der Waals surface area contributed by atoms with Crippen LogP contribution in [0.25, 0.3) is 44.9 Å². The summed E-state index contributed by atoms with van der Waals surface area (Å²) in [6, 6.07) is 18.0. The van der Waals surface area contributed by atoms with E-state index in [4.69, 9.17) is 15.9 Å². The number of terminal acetylenes is 1. The van der Waals surface area contributed by atoms with E-state index >= 15 is 0 Å². The number of aromatic nitrogens is 4. The van der Waals surface area contributed by atoms with Gasteiger partial charge >= 0.3 is 0 Å². The molecule has 0 unspecified atom stereocenters. The summed E-state index contributed by atoms with van der Waals surface area (Å²) >= 11 is 0. The van der Waals surface area contributed by atoms with Crippen molar-refractivity contribution in [3.05, 3.63) is 79.0 Å². The van der Waals surface area contributed by atoms with Crippen LogP contribution in [0.5, 0.6) is 0 Å². The highest BCUT2D eigenvalue weighted by molar-refractivity contribution is 5.95. The second-order valence-corrected chi connectivity index (χ2v) is 7.03.